The summed E-state index contributed by atoms with van der Waals surface area (Å²) in [6.07, 6.45) is 0. The van der Waals surface area contributed by atoms with Crippen LogP contribution in [0.25, 0.3) is 0 Å². The molecule has 0 aliphatic carbocycles. The second kappa shape index (κ2) is 5.88. The van der Waals surface area contributed by atoms with Gasteiger partial charge in [0.05, 0.1) is 5.69 Å². The molecule has 17 heavy (non-hydrogen) atoms. The topological polar surface area (TPSA) is 84.2 Å². The van der Waals surface area contributed by atoms with Crippen LogP contribution in [0, 0.1) is 0 Å². The Morgan fingerprint density at radius 3 is 2.71 bits per heavy atom. The van der Waals surface area contributed by atoms with Crippen molar-refractivity contribution >= 4 is 45.2 Å². The Labute approximate surface area is 112 Å². The standard InChI is InChI=1S/C10H11BrClN3O2/c1-5(9(16)15-10(13)17)14-8-4-6(12)2-3-7(8)11/h2-5,14H,1H3,(H3,13,15,16,17). The zero-order valence-electron chi connectivity index (χ0n) is 8.96. The van der Waals surface area contributed by atoms with Crippen LogP contribution in [-0.2, 0) is 4.79 Å². The second-order valence-corrected chi connectivity index (χ2v) is 4.63. The summed E-state index contributed by atoms with van der Waals surface area (Å²) in [7, 11) is 0. The lowest BCUT2D eigenvalue weighted by Gasteiger charge is -2.15. The van der Waals surface area contributed by atoms with Gasteiger partial charge in [-0.1, -0.05) is 11.6 Å². The van der Waals surface area contributed by atoms with E-state index in [1.807, 2.05) is 5.32 Å². The van der Waals surface area contributed by atoms with Crippen LogP contribution in [0.5, 0.6) is 0 Å². The first-order valence-corrected chi connectivity index (χ1v) is 5.89. The van der Waals surface area contributed by atoms with E-state index in [9.17, 15) is 9.59 Å². The van der Waals surface area contributed by atoms with Gasteiger partial charge in [0.25, 0.3) is 0 Å². The largest absolute Gasteiger partial charge is 0.373 e. The maximum absolute atomic E-state index is 11.4. The van der Waals surface area contributed by atoms with E-state index in [4.69, 9.17) is 17.3 Å². The molecule has 0 aromatic heterocycles. The van der Waals surface area contributed by atoms with Crippen LogP contribution in [0.4, 0.5) is 10.5 Å². The highest BCUT2D eigenvalue weighted by atomic mass is 79.9. The Hall–Kier alpha value is -1.27. The lowest BCUT2D eigenvalue weighted by molar-refractivity contribution is -0.120. The number of carbonyl (C=O) groups excluding carboxylic acids is 2. The maximum atomic E-state index is 11.4. The number of anilines is 1. The predicted molar refractivity (Wildman–Crippen MR) is 70.0 cm³/mol. The molecule has 0 saturated heterocycles. The highest BCUT2D eigenvalue weighted by molar-refractivity contribution is 9.10. The Morgan fingerprint density at radius 2 is 2.12 bits per heavy atom. The molecule has 92 valence electrons. The van der Waals surface area contributed by atoms with Gasteiger partial charge in [-0.15, -0.1) is 0 Å². The minimum Gasteiger partial charge on any atom is -0.373 e. The van der Waals surface area contributed by atoms with Gasteiger partial charge in [-0.25, -0.2) is 4.79 Å². The first-order valence-electron chi connectivity index (χ1n) is 4.72. The number of hydrogen-bond donors (Lipinski definition) is 3. The summed E-state index contributed by atoms with van der Waals surface area (Å²) in [6.45, 7) is 1.60. The van der Waals surface area contributed by atoms with E-state index in [1.165, 1.54) is 0 Å². The summed E-state index contributed by atoms with van der Waals surface area (Å²) in [4.78, 5) is 22.0. The first kappa shape index (κ1) is 13.8. The molecule has 0 radical (unpaired) electrons. The molecule has 0 heterocycles. The molecule has 7 heteroatoms. The quantitative estimate of drug-likeness (QED) is 0.797. The Morgan fingerprint density at radius 1 is 1.47 bits per heavy atom. The minimum absolute atomic E-state index is 0.510. The number of rotatable bonds is 3. The van der Waals surface area contributed by atoms with Crippen molar-refractivity contribution in [3.8, 4) is 0 Å². The molecular formula is C10H11BrClN3O2. The van der Waals surface area contributed by atoms with Gasteiger partial charge in [0.2, 0.25) is 5.91 Å². The van der Waals surface area contributed by atoms with E-state index in [0.717, 1.165) is 4.47 Å². The Balaban J connectivity index is 2.73. The second-order valence-electron chi connectivity index (χ2n) is 3.34. The van der Waals surface area contributed by atoms with Crippen LogP contribution in [0.2, 0.25) is 5.02 Å². The van der Waals surface area contributed by atoms with Crippen LogP contribution >= 0.6 is 27.5 Å². The van der Waals surface area contributed by atoms with E-state index in [1.54, 1.807) is 25.1 Å². The molecule has 0 bridgehead atoms. The van der Waals surface area contributed by atoms with Gasteiger partial charge in [-0.2, -0.15) is 0 Å². The summed E-state index contributed by atoms with van der Waals surface area (Å²) < 4.78 is 0.764. The van der Waals surface area contributed by atoms with E-state index in [2.05, 4.69) is 21.2 Å². The third kappa shape index (κ3) is 4.24. The lowest BCUT2D eigenvalue weighted by atomic mass is 10.2. The maximum Gasteiger partial charge on any atom is 0.318 e. The third-order valence-corrected chi connectivity index (χ3v) is 2.87. The van der Waals surface area contributed by atoms with Crippen LogP contribution in [0.15, 0.2) is 22.7 Å². The fourth-order valence-corrected chi connectivity index (χ4v) is 1.67. The van der Waals surface area contributed by atoms with Crippen molar-refractivity contribution in [2.24, 2.45) is 5.73 Å². The molecule has 5 nitrogen and oxygen atoms in total. The van der Waals surface area contributed by atoms with Crippen molar-refractivity contribution in [3.63, 3.8) is 0 Å². The van der Waals surface area contributed by atoms with Gasteiger partial charge in [0.1, 0.15) is 6.04 Å². The molecule has 3 amide bonds. The molecule has 1 unspecified atom stereocenters. The highest BCUT2D eigenvalue weighted by Crippen LogP contribution is 2.26. The molecule has 0 spiro atoms. The van der Waals surface area contributed by atoms with Crippen molar-refractivity contribution in [3.05, 3.63) is 27.7 Å². The normalized spacial score (nSPS) is 11.7. The van der Waals surface area contributed by atoms with Gasteiger partial charge < -0.3 is 11.1 Å². The Kier molecular flexibility index (Phi) is 4.77. The summed E-state index contributed by atoms with van der Waals surface area (Å²) in [5.74, 6) is -0.510. The van der Waals surface area contributed by atoms with Crippen LogP contribution < -0.4 is 16.4 Å². The fraction of sp³-hybridized carbons (Fsp3) is 0.200. The summed E-state index contributed by atoms with van der Waals surface area (Å²) in [5.41, 5.74) is 5.51. The molecule has 0 aliphatic rings. The molecule has 0 saturated carbocycles. The van der Waals surface area contributed by atoms with Gasteiger partial charge in [-0.05, 0) is 41.1 Å². The average molecular weight is 321 g/mol. The van der Waals surface area contributed by atoms with Gasteiger partial charge in [-0.3, -0.25) is 10.1 Å². The summed E-state index contributed by atoms with van der Waals surface area (Å²) in [6, 6.07) is 3.64. The highest BCUT2D eigenvalue weighted by Gasteiger charge is 2.15. The van der Waals surface area contributed by atoms with Gasteiger partial charge >= 0.3 is 6.03 Å². The number of urea groups is 1. The van der Waals surface area contributed by atoms with Gasteiger partial charge in [0.15, 0.2) is 0 Å². The van der Waals surface area contributed by atoms with E-state index >= 15 is 0 Å². The van der Waals surface area contributed by atoms with Crippen molar-refractivity contribution in [1.29, 1.82) is 0 Å². The molecule has 1 aromatic rings. The summed E-state index contributed by atoms with van der Waals surface area (Å²) >= 11 is 9.14. The van der Waals surface area contributed by atoms with E-state index in [-0.39, 0.29) is 0 Å². The number of halogens is 2. The third-order valence-electron chi connectivity index (χ3n) is 1.94. The number of amides is 3. The lowest BCUT2D eigenvalue weighted by Crippen LogP contribution is -2.43. The number of nitrogens with one attached hydrogen (secondary N) is 2. The molecule has 4 N–H and O–H groups in total. The molecule has 1 atom stereocenters. The predicted octanol–water partition coefficient (Wildman–Crippen LogP) is 2.10. The average Bonchev–Trinajstić information content (AvgIpc) is 2.22. The van der Waals surface area contributed by atoms with E-state index in [0.29, 0.717) is 10.7 Å². The zero-order valence-corrected chi connectivity index (χ0v) is 11.3. The number of nitrogens with two attached hydrogens (primary N) is 1. The molecule has 1 aromatic carbocycles. The SMILES string of the molecule is CC(Nc1cc(Cl)ccc1Br)C(=O)NC(N)=O. The first-order chi connectivity index (χ1) is 7.90. The number of hydrogen-bond acceptors (Lipinski definition) is 3. The van der Waals surface area contributed by atoms with Crippen LogP contribution in [0.1, 0.15) is 6.92 Å². The number of imide groups is 1. The van der Waals surface area contributed by atoms with Crippen LogP contribution in [-0.4, -0.2) is 18.0 Å². The van der Waals surface area contributed by atoms with E-state index < -0.39 is 18.0 Å². The number of benzene rings is 1. The zero-order chi connectivity index (χ0) is 13.0. The Bertz CT molecular complexity index is 453. The van der Waals surface area contributed by atoms with Gasteiger partial charge in [0, 0.05) is 9.50 Å². The van der Waals surface area contributed by atoms with Crippen molar-refractivity contribution < 1.29 is 9.59 Å². The molecule has 1 rings (SSSR count). The number of primary amides is 1. The fourth-order valence-electron chi connectivity index (χ4n) is 1.14. The number of carbonyl (C=O) groups is 2. The van der Waals surface area contributed by atoms with Crippen molar-refractivity contribution in [1.82, 2.24) is 5.32 Å². The van der Waals surface area contributed by atoms with Crippen molar-refractivity contribution in [2.45, 2.75) is 13.0 Å². The van der Waals surface area contributed by atoms with Crippen LogP contribution in [0.3, 0.4) is 0 Å². The van der Waals surface area contributed by atoms with Crippen molar-refractivity contribution in [2.75, 3.05) is 5.32 Å². The molecule has 0 aliphatic heterocycles. The molecular weight excluding hydrogens is 309 g/mol. The minimum atomic E-state index is -0.881. The monoisotopic (exact) mass is 319 g/mol. The smallest absolute Gasteiger partial charge is 0.318 e. The summed E-state index contributed by atoms with van der Waals surface area (Å²) in [5, 5.41) is 5.43. The molecule has 0 fully saturated rings.